The second-order valence-electron chi connectivity index (χ2n) is 3.91. The van der Waals surface area contributed by atoms with Crippen molar-refractivity contribution in [2.45, 2.75) is 26.7 Å². The summed E-state index contributed by atoms with van der Waals surface area (Å²) in [4.78, 5) is 26.2. The fourth-order valence-corrected chi connectivity index (χ4v) is 1.94. The number of rotatable bonds is 6. The molecule has 0 radical (unpaired) electrons. The summed E-state index contributed by atoms with van der Waals surface area (Å²) < 4.78 is 5.38. The molecule has 0 amide bonds. The van der Waals surface area contributed by atoms with Gasteiger partial charge in [-0.05, 0) is 12.8 Å². The van der Waals surface area contributed by atoms with E-state index in [4.69, 9.17) is 21.4 Å². The van der Waals surface area contributed by atoms with Gasteiger partial charge in [-0.25, -0.2) is 14.6 Å². The van der Waals surface area contributed by atoms with Gasteiger partial charge in [0.2, 0.25) is 0 Å². The first-order chi connectivity index (χ1) is 9.47. The highest BCUT2D eigenvalue weighted by Crippen LogP contribution is 2.30. The number of carboxylic acid groups (broad SMARTS) is 2. The number of hydrogen-bond acceptors (Lipinski definition) is 4. The molecule has 20 heavy (non-hydrogen) atoms. The van der Waals surface area contributed by atoms with Crippen molar-refractivity contribution in [3.05, 3.63) is 22.5 Å². The minimum absolute atomic E-state index is 0.0673. The summed E-state index contributed by atoms with van der Waals surface area (Å²) in [6.45, 7) is 3.42. The predicted octanol–water partition coefficient (Wildman–Crippen LogP) is 1.61. The molecule has 0 aromatic carbocycles. The molecule has 0 spiro atoms. The number of terminal acetylenes is 1. The highest BCUT2D eigenvalue weighted by Gasteiger charge is 2.25. The predicted molar refractivity (Wildman–Crippen MR) is 71.2 cm³/mol. The molecule has 0 aliphatic carbocycles. The van der Waals surface area contributed by atoms with Crippen LogP contribution in [0.3, 0.4) is 0 Å². The standard InChI is InChI=1S/C14H15NO5/c1-4-7-20-12-8(5-2)10(13(16)17)15-11(14(18)19)9(12)6-3/h1H,5-7H2,2-3H3,(H,16,17)(H,18,19). The minimum Gasteiger partial charge on any atom is -0.480 e. The third-order valence-corrected chi connectivity index (χ3v) is 2.76. The smallest absolute Gasteiger partial charge is 0.354 e. The van der Waals surface area contributed by atoms with Crippen molar-refractivity contribution in [3.63, 3.8) is 0 Å². The SMILES string of the molecule is C#CCOc1c(CC)c(C(=O)O)nc(C(=O)O)c1CC. The normalized spacial score (nSPS) is 9.85. The van der Waals surface area contributed by atoms with Gasteiger partial charge in [-0.1, -0.05) is 19.8 Å². The van der Waals surface area contributed by atoms with Crippen molar-refractivity contribution in [2.24, 2.45) is 0 Å². The number of ether oxygens (including phenoxy) is 1. The Morgan fingerprint density at radius 2 is 1.60 bits per heavy atom. The molecule has 0 fully saturated rings. The van der Waals surface area contributed by atoms with Crippen LogP contribution in [0.2, 0.25) is 0 Å². The van der Waals surface area contributed by atoms with E-state index in [1.807, 2.05) is 0 Å². The lowest BCUT2D eigenvalue weighted by molar-refractivity contribution is 0.0682. The van der Waals surface area contributed by atoms with Crippen molar-refractivity contribution in [1.29, 1.82) is 0 Å². The lowest BCUT2D eigenvalue weighted by atomic mass is 10.0. The van der Waals surface area contributed by atoms with Gasteiger partial charge in [0, 0.05) is 11.1 Å². The largest absolute Gasteiger partial charge is 0.480 e. The zero-order valence-electron chi connectivity index (χ0n) is 11.3. The maximum absolute atomic E-state index is 11.2. The van der Waals surface area contributed by atoms with Crippen molar-refractivity contribution in [2.75, 3.05) is 6.61 Å². The van der Waals surface area contributed by atoms with Crippen LogP contribution in [0.1, 0.15) is 46.0 Å². The van der Waals surface area contributed by atoms with Crippen LogP contribution in [0, 0.1) is 12.3 Å². The summed E-state index contributed by atoms with van der Waals surface area (Å²) >= 11 is 0. The van der Waals surface area contributed by atoms with E-state index in [0.717, 1.165) is 0 Å². The van der Waals surface area contributed by atoms with E-state index < -0.39 is 11.9 Å². The molecule has 0 unspecified atom stereocenters. The van der Waals surface area contributed by atoms with Crippen molar-refractivity contribution < 1.29 is 24.5 Å². The summed E-state index contributed by atoms with van der Waals surface area (Å²) in [5.41, 5.74) is 0.0902. The molecule has 2 N–H and O–H groups in total. The molecule has 0 saturated heterocycles. The van der Waals surface area contributed by atoms with E-state index in [-0.39, 0.29) is 23.7 Å². The number of hydrogen-bond donors (Lipinski definition) is 2. The summed E-state index contributed by atoms with van der Waals surface area (Å²) in [7, 11) is 0. The average Bonchev–Trinajstić information content (AvgIpc) is 2.42. The Kier molecular flexibility index (Phi) is 5.09. The maximum Gasteiger partial charge on any atom is 0.354 e. The topological polar surface area (TPSA) is 96.7 Å². The van der Waals surface area contributed by atoms with Crippen LogP contribution in [0.4, 0.5) is 0 Å². The molecule has 1 aromatic rings. The van der Waals surface area contributed by atoms with Crippen LogP contribution in [0.25, 0.3) is 0 Å². The second-order valence-corrected chi connectivity index (χ2v) is 3.91. The van der Waals surface area contributed by atoms with Gasteiger partial charge >= 0.3 is 11.9 Å². The summed E-state index contributed by atoms with van der Waals surface area (Å²) in [6, 6.07) is 0. The Bertz CT molecular complexity index is 546. The lowest BCUT2D eigenvalue weighted by Gasteiger charge is -2.16. The monoisotopic (exact) mass is 277 g/mol. The Morgan fingerprint density at radius 1 is 1.15 bits per heavy atom. The maximum atomic E-state index is 11.2. The van der Waals surface area contributed by atoms with Gasteiger partial charge in [0.05, 0.1) is 0 Å². The Balaban J connectivity index is 3.67. The van der Waals surface area contributed by atoms with Crippen LogP contribution in [-0.4, -0.2) is 33.7 Å². The number of aromatic carboxylic acids is 2. The number of pyridine rings is 1. The molecule has 1 aromatic heterocycles. The molecule has 0 aliphatic heterocycles. The van der Waals surface area contributed by atoms with Gasteiger partial charge in [-0.2, -0.15) is 0 Å². The molecule has 1 rings (SSSR count). The molecular weight excluding hydrogens is 262 g/mol. The summed E-state index contributed by atoms with van der Waals surface area (Å²) in [5, 5.41) is 18.3. The third-order valence-electron chi connectivity index (χ3n) is 2.76. The zero-order chi connectivity index (χ0) is 15.3. The molecule has 0 atom stereocenters. The third kappa shape index (κ3) is 2.88. The van der Waals surface area contributed by atoms with Crippen molar-refractivity contribution in [1.82, 2.24) is 4.98 Å². The number of carbonyl (C=O) groups is 2. The van der Waals surface area contributed by atoms with E-state index in [0.29, 0.717) is 24.0 Å². The van der Waals surface area contributed by atoms with E-state index in [1.165, 1.54) is 0 Å². The summed E-state index contributed by atoms with van der Waals surface area (Å²) in [6.07, 6.45) is 5.83. The van der Waals surface area contributed by atoms with Crippen LogP contribution >= 0.6 is 0 Å². The molecule has 1 heterocycles. The van der Waals surface area contributed by atoms with E-state index in [1.54, 1.807) is 13.8 Å². The van der Waals surface area contributed by atoms with Crippen LogP contribution in [0.5, 0.6) is 5.75 Å². The Morgan fingerprint density at radius 3 is 1.90 bits per heavy atom. The molecule has 106 valence electrons. The van der Waals surface area contributed by atoms with Gasteiger partial charge in [0.25, 0.3) is 0 Å². The number of carboxylic acids is 2. The number of aromatic nitrogens is 1. The van der Waals surface area contributed by atoms with Crippen molar-refractivity contribution in [3.8, 4) is 18.1 Å². The number of nitrogens with zero attached hydrogens (tertiary/aromatic N) is 1. The molecule has 6 nitrogen and oxygen atoms in total. The van der Waals surface area contributed by atoms with Crippen LogP contribution in [-0.2, 0) is 12.8 Å². The second kappa shape index (κ2) is 6.57. The fourth-order valence-electron chi connectivity index (χ4n) is 1.94. The summed E-state index contributed by atoms with van der Waals surface area (Å²) in [5.74, 6) is -0.0890. The minimum atomic E-state index is -1.29. The van der Waals surface area contributed by atoms with Gasteiger partial charge in [0.1, 0.15) is 12.4 Å². The molecule has 0 saturated carbocycles. The first-order valence-electron chi connectivity index (χ1n) is 6.06. The van der Waals surface area contributed by atoms with Gasteiger partial charge in [0.15, 0.2) is 11.4 Å². The average molecular weight is 277 g/mol. The molecule has 6 heteroatoms. The Labute approximate surface area is 116 Å². The van der Waals surface area contributed by atoms with E-state index >= 15 is 0 Å². The zero-order valence-corrected chi connectivity index (χ0v) is 11.3. The highest BCUT2D eigenvalue weighted by atomic mass is 16.5. The quantitative estimate of drug-likeness (QED) is 0.767. The van der Waals surface area contributed by atoms with Crippen molar-refractivity contribution >= 4 is 11.9 Å². The first-order valence-corrected chi connectivity index (χ1v) is 6.06. The van der Waals surface area contributed by atoms with Gasteiger partial charge < -0.3 is 14.9 Å². The lowest BCUT2D eigenvalue weighted by Crippen LogP contribution is -2.16. The van der Waals surface area contributed by atoms with E-state index in [2.05, 4.69) is 10.9 Å². The van der Waals surface area contributed by atoms with Crippen LogP contribution in [0.15, 0.2) is 0 Å². The fraction of sp³-hybridized carbons (Fsp3) is 0.357. The molecule has 0 bridgehead atoms. The van der Waals surface area contributed by atoms with Gasteiger partial charge in [-0.3, -0.25) is 0 Å². The molecular formula is C14H15NO5. The molecule has 0 aliphatic rings. The van der Waals surface area contributed by atoms with E-state index in [9.17, 15) is 9.59 Å². The Hall–Kier alpha value is -2.55. The first kappa shape index (κ1) is 15.5. The highest BCUT2D eigenvalue weighted by molar-refractivity contribution is 5.93. The van der Waals surface area contributed by atoms with Crippen LogP contribution < -0.4 is 4.74 Å². The van der Waals surface area contributed by atoms with Gasteiger partial charge in [-0.15, -0.1) is 6.42 Å².